The maximum atomic E-state index is 11.9. The highest BCUT2D eigenvalue weighted by Crippen LogP contribution is 2.19. The number of nitrogens with one attached hydrogen (secondary N) is 1. The Balaban J connectivity index is 0.00000300. The maximum Gasteiger partial charge on any atom is 0.309 e. The smallest absolute Gasteiger partial charge is 0.309 e. The van der Waals surface area contributed by atoms with E-state index in [0.29, 0.717) is 6.61 Å². The van der Waals surface area contributed by atoms with Gasteiger partial charge in [-0.3, -0.25) is 9.79 Å². The van der Waals surface area contributed by atoms with E-state index in [9.17, 15) is 4.79 Å². The van der Waals surface area contributed by atoms with Gasteiger partial charge in [-0.05, 0) is 30.9 Å². The van der Waals surface area contributed by atoms with E-state index in [1.165, 1.54) is 11.1 Å². The fourth-order valence-electron chi connectivity index (χ4n) is 3.45. The van der Waals surface area contributed by atoms with Crippen molar-refractivity contribution in [3.8, 4) is 0 Å². The van der Waals surface area contributed by atoms with Crippen LogP contribution in [0.4, 0.5) is 0 Å². The normalized spacial score (nSPS) is 15.0. The van der Waals surface area contributed by atoms with E-state index < -0.39 is 0 Å². The third kappa shape index (κ3) is 6.73. The van der Waals surface area contributed by atoms with E-state index in [0.717, 1.165) is 45.0 Å². The summed E-state index contributed by atoms with van der Waals surface area (Å²) in [6, 6.07) is 8.56. The van der Waals surface area contributed by atoms with Crippen LogP contribution >= 0.6 is 24.0 Å². The molecule has 1 fully saturated rings. The summed E-state index contributed by atoms with van der Waals surface area (Å²) in [6.07, 6.45) is 7.19. The molecule has 8 heteroatoms. The molecule has 2 heterocycles. The van der Waals surface area contributed by atoms with Crippen LogP contribution in [0.5, 0.6) is 0 Å². The molecule has 0 aliphatic carbocycles. The van der Waals surface area contributed by atoms with Crippen molar-refractivity contribution in [2.75, 3.05) is 26.7 Å². The van der Waals surface area contributed by atoms with Gasteiger partial charge in [0.05, 0.1) is 18.9 Å². The van der Waals surface area contributed by atoms with Gasteiger partial charge >= 0.3 is 5.97 Å². The number of rotatable bonds is 6. The quantitative estimate of drug-likeness (QED) is 0.280. The fourth-order valence-corrected chi connectivity index (χ4v) is 3.45. The molecular formula is C21H30IN5O2. The molecule has 2 aromatic rings. The number of carbonyl (C=O) groups is 1. The third-order valence-corrected chi connectivity index (χ3v) is 5.02. The SMILES string of the molecule is CCOC(=O)C1CCN(C(=NC)NCc2ccc(Cn3ccnc3)cc2)CC1.I. The number of benzene rings is 1. The lowest BCUT2D eigenvalue weighted by atomic mass is 9.97. The molecule has 1 aromatic heterocycles. The monoisotopic (exact) mass is 511 g/mol. The fraction of sp³-hybridized carbons (Fsp3) is 0.476. The van der Waals surface area contributed by atoms with Crippen LogP contribution in [0, 0.1) is 5.92 Å². The standard InChI is InChI=1S/C21H29N5O2.HI/c1-3-28-20(27)19-8-11-26(12-9-19)21(22-2)24-14-17-4-6-18(7-5-17)15-25-13-10-23-16-25;/h4-7,10,13,16,19H,3,8-9,11-12,14-15H2,1-2H3,(H,22,24);1H. The van der Waals surface area contributed by atoms with E-state index in [1.807, 2.05) is 19.4 Å². The minimum absolute atomic E-state index is 0. The van der Waals surface area contributed by atoms with Gasteiger partial charge in [-0.2, -0.15) is 0 Å². The molecule has 0 radical (unpaired) electrons. The first-order chi connectivity index (χ1) is 13.7. The van der Waals surface area contributed by atoms with E-state index in [1.54, 1.807) is 13.2 Å². The average molecular weight is 511 g/mol. The molecular weight excluding hydrogens is 481 g/mol. The van der Waals surface area contributed by atoms with Crippen molar-refractivity contribution in [1.29, 1.82) is 0 Å². The van der Waals surface area contributed by atoms with Gasteiger partial charge in [0.15, 0.2) is 5.96 Å². The summed E-state index contributed by atoms with van der Waals surface area (Å²) >= 11 is 0. The number of likely N-dealkylation sites (tertiary alicyclic amines) is 1. The molecule has 0 unspecified atom stereocenters. The summed E-state index contributed by atoms with van der Waals surface area (Å²) in [5.41, 5.74) is 2.45. The molecule has 0 amide bonds. The van der Waals surface area contributed by atoms with Crippen LogP contribution < -0.4 is 5.32 Å². The minimum atomic E-state index is -0.0686. The number of aliphatic imine (C=N–C) groups is 1. The number of piperidine rings is 1. The Labute approximate surface area is 189 Å². The highest BCUT2D eigenvalue weighted by atomic mass is 127. The van der Waals surface area contributed by atoms with Crippen LogP contribution in [0.25, 0.3) is 0 Å². The number of esters is 1. The van der Waals surface area contributed by atoms with Crippen molar-refractivity contribution in [2.24, 2.45) is 10.9 Å². The topological polar surface area (TPSA) is 71.8 Å². The van der Waals surface area contributed by atoms with Crippen LogP contribution in [0.2, 0.25) is 0 Å². The van der Waals surface area contributed by atoms with Crippen molar-refractivity contribution in [3.05, 3.63) is 54.1 Å². The lowest BCUT2D eigenvalue weighted by molar-refractivity contribution is -0.149. The van der Waals surface area contributed by atoms with Crippen molar-refractivity contribution in [1.82, 2.24) is 19.8 Å². The van der Waals surface area contributed by atoms with Gasteiger partial charge in [-0.25, -0.2) is 4.98 Å². The Kier molecular flexibility index (Phi) is 9.43. The number of ether oxygens (including phenoxy) is 1. The first-order valence-electron chi connectivity index (χ1n) is 9.85. The zero-order valence-electron chi connectivity index (χ0n) is 17.1. The average Bonchev–Trinajstić information content (AvgIpc) is 3.23. The number of hydrogen-bond acceptors (Lipinski definition) is 4. The summed E-state index contributed by atoms with van der Waals surface area (Å²) in [5.74, 6) is 0.822. The summed E-state index contributed by atoms with van der Waals surface area (Å²) < 4.78 is 7.19. The Morgan fingerprint density at radius 1 is 1.24 bits per heavy atom. The van der Waals surface area contributed by atoms with Gasteiger partial charge in [0.1, 0.15) is 0 Å². The number of halogens is 1. The van der Waals surface area contributed by atoms with Crippen molar-refractivity contribution >= 4 is 35.9 Å². The molecule has 158 valence electrons. The first kappa shape index (κ1) is 23.2. The Morgan fingerprint density at radius 3 is 2.52 bits per heavy atom. The van der Waals surface area contributed by atoms with Gasteiger partial charge < -0.3 is 19.5 Å². The van der Waals surface area contributed by atoms with Crippen LogP contribution in [0.1, 0.15) is 30.9 Å². The van der Waals surface area contributed by atoms with E-state index in [2.05, 4.69) is 49.0 Å². The zero-order chi connectivity index (χ0) is 19.8. The van der Waals surface area contributed by atoms with Crippen LogP contribution in [-0.2, 0) is 22.6 Å². The molecule has 1 aromatic carbocycles. The summed E-state index contributed by atoms with van der Waals surface area (Å²) in [4.78, 5) is 22.6. The van der Waals surface area contributed by atoms with Gasteiger partial charge in [-0.1, -0.05) is 24.3 Å². The Hall–Kier alpha value is -2.10. The van der Waals surface area contributed by atoms with Gasteiger partial charge in [-0.15, -0.1) is 24.0 Å². The number of carbonyl (C=O) groups excluding carboxylic acids is 1. The van der Waals surface area contributed by atoms with Crippen LogP contribution in [0.3, 0.4) is 0 Å². The van der Waals surface area contributed by atoms with Crippen molar-refractivity contribution < 1.29 is 9.53 Å². The molecule has 1 N–H and O–H groups in total. The van der Waals surface area contributed by atoms with E-state index >= 15 is 0 Å². The lowest BCUT2D eigenvalue weighted by Crippen LogP contribution is -2.46. The van der Waals surface area contributed by atoms with Gasteiger partial charge in [0, 0.05) is 45.6 Å². The van der Waals surface area contributed by atoms with Crippen LogP contribution in [-0.4, -0.2) is 53.1 Å². The highest BCUT2D eigenvalue weighted by Gasteiger charge is 2.27. The van der Waals surface area contributed by atoms with E-state index in [4.69, 9.17) is 4.74 Å². The van der Waals surface area contributed by atoms with Crippen molar-refractivity contribution in [2.45, 2.75) is 32.9 Å². The van der Waals surface area contributed by atoms with Gasteiger partial charge in [0.2, 0.25) is 0 Å². The number of imidazole rings is 1. The van der Waals surface area contributed by atoms with E-state index in [-0.39, 0.29) is 35.9 Å². The summed E-state index contributed by atoms with van der Waals surface area (Å²) in [6.45, 7) is 5.47. The summed E-state index contributed by atoms with van der Waals surface area (Å²) in [7, 11) is 1.80. The predicted molar refractivity (Wildman–Crippen MR) is 124 cm³/mol. The maximum absolute atomic E-state index is 11.9. The molecule has 3 rings (SSSR count). The second-order valence-electron chi connectivity index (χ2n) is 6.97. The predicted octanol–water partition coefficient (Wildman–Crippen LogP) is 2.90. The van der Waals surface area contributed by atoms with Gasteiger partial charge in [0.25, 0.3) is 0 Å². The highest BCUT2D eigenvalue weighted by molar-refractivity contribution is 14.0. The number of guanidine groups is 1. The first-order valence-corrected chi connectivity index (χ1v) is 9.85. The molecule has 29 heavy (non-hydrogen) atoms. The molecule has 1 aliphatic rings. The molecule has 7 nitrogen and oxygen atoms in total. The second-order valence-corrected chi connectivity index (χ2v) is 6.97. The number of nitrogens with zero attached hydrogens (tertiary/aromatic N) is 4. The molecule has 0 saturated carbocycles. The Bertz CT molecular complexity index is 769. The summed E-state index contributed by atoms with van der Waals surface area (Å²) in [5, 5.41) is 3.43. The minimum Gasteiger partial charge on any atom is -0.466 e. The van der Waals surface area contributed by atoms with Crippen LogP contribution in [0.15, 0.2) is 48.0 Å². The van der Waals surface area contributed by atoms with Crippen molar-refractivity contribution in [3.63, 3.8) is 0 Å². The molecule has 0 bridgehead atoms. The third-order valence-electron chi connectivity index (χ3n) is 5.02. The number of aromatic nitrogens is 2. The number of hydrogen-bond donors (Lipinski definition) is 1. The molecule has 0 atom stereocenters. The zero-order valence-corrected chi connectivity index (χ0v) is 19.4. The second kappa shape index (κ2) is 11.8. The molecule has 1 aliphatic heterocycles. The Morgan fingerprint density at radius 2 is 1.93 bits per heavy atom. The molecule has 1 saturated heterocycles. The molecule has 0 spiro atoms. The lowest BCUT2D eigenvalue weighted by Gasteiger charge is -2.33. The largest absolute Gasteiger partial charge is 0.466 e.